The molecule has 182 valence electrons. The van der Waals surface area contributed by atoms with Crippen molar-refractivity contribution in [2.75, 3.05) is 28.7 Å². The molecule has 1 unspecified atom stereocenters. The lowest BCUT2D eigenvalue weighted by Gasteiger charge is -2.42. The van der Waals surface area contributed by atoms with Crippen molar-refractivity contribution in [2.45, 2.75) is 63.5 Å². The third-order valence-electron chi connectivity index (χ3n) is 6.61. The minimum atomic E-state index is -4.54. The molecule has 0 aromatic carbocycles. The van der Waals surface area contributed by atoms with Crippen molar-refractivity contribution in [3.8, 4) is 0 Å². The minimum absolute atomic E-state index is 0.0579. The molecule has 13 heteroatoms. The number of hydrogen-bond acceptors (Lipinski definition) is 7. The Balaban J connectivity index is 1.18. The summed E-state index contributed by atoms with van der Waals surface area (Å²) in [6.07, 6.45) is -0.481. The summed E-state index contributed by atoms with van der Waals surface area (Å²) in [5, 5.41) is 9.53. The Morgan fingerprint density at radius 2 is 2.00 bits per heavy atom. The lowest BCUT2D eigenvalue weighted by Crippen LogP contribution is -2.53. The molecular weight excluding hydrogens is 453 g/mol. The summed E-state index contributed by atoms with van der Waals surface area (Å²) < 4.78 is 38.9. The van der Waals surface area contributed by atoms with Gasteiger partial charge < -0.3 is 20.4 Å². The standard InChI is InChI=1S/C21H25F3N8O2/c1-11-19(34)32-6-3-4-14-17(32)18(30(11)2)28-20(27-14)26-13-8-12(9-13)25-16(33)10-31-7-5-15(29-31)21(22,23)24/h5,7,11-13H,3-4,6,8-10H2,1-2H3,(H,25,33)(H,26,27,28)/t11?,12-,13-. The fraction of sp³-hybridized carbons (Fsp3) is 0.571. The number of alkyl halides is 3. The van der Waals surface area contributed by atoms with Crippen molar-refractivity contribution in [3.63, 3.8) is 0 Å². The maximum atomic E-state index is 12.6. The van der Waals surface area contributed by atoms with Crippen LogP contribution in [0.15, 0.2) is 12.3 Å². The molecule has 2 aromatic heterocycles. The molecule has 2 amide bonds. The number of hydrogen-bond donors (Lipinski definition) is 2. The van der Waals surface area contributed by atoms with E-state index >= 15 is 0 Å². The van der Waals surface area contributed by atoms with E-state index in [9.17, 15) is 22.8 Å². The van der Waals surface area contributed by atoms with Crippen LogP contribution in [-0.4, -0.2) is 63.3 Å². The third-order valence-corrected chi connectivity index (χ3v) is 6.61. The average molecular weight is 478 g/mol. The summed E-state index contributed by atoms with van der Waals surface area (Å²) in [5.74, 6) is 0.897. The number of carbonyl (C=O) groups excluding carboxylic acids is 2. The minimum Gasteiger partial charge on any atom is -0.352 e. The van der Waals surface area contributed by atoms with Crippen LogP contribution in [0, 0.1) is 0 Å². The Hall–Kier alpha value is -3.38. The van der Waals surface area contributed by atoms with E-state index in [1.54, 1.807) is 4.90 Å². The van der Waals surface area contributed by atoms with E-state index in [1.807, 2.05) is 18.9 Å². The van der Waals surface area contributed by atoms with Crippen LogP contribution in [0.4, 0.5) is 30.6 Å². The molecule has 0 bridgehead atoms. The molecule has 2 N–H and O–H groups in total. The van der Waals surface area contributed by atoms with Crippen molar-refractivity contribution >= 4 is 29.3 Å². The Bertz CT molecular complexity index is 1130. The molecular formula is C21H25F3N8O2. The normalized spacial score (nSPS) is 23.9. The molecule has 34 heavy (non-hydrogen) atoms. The summed E-state index contributed by atoms with van der Waals surface area (Å²) in [4.78, 5) is 37.8. The lowest BCUT2D eigenvalue weighted by atomic mass is 9.87. The number of nitrogens with one attached hydrogen (secondary N) is 2. The molecule has 4 heterocycles. The lowest BCUT2D eigenvalue weighted by molar-refractivity contribution is -0.141. The first-order valence-electron chi connectivity index (χ1n) is 11.2. The summed E-state index contributed by atoms with van der Waals surface area (Å²) in [7, 11) is 1.85. The number of rotatable bonds is 5. The van der Waals surface area contributed by atoms with E-state index < -0.39 is 17.8 Å². The molecule has 2 aliphatic heterocycles. The maximum absolute atomic E-state index is 12.6. The summed E-state index contributed by atoms with van der Waals surface area (Å²) >= 11 is 0. The molecule has 0 saturated heterocycles. The Morgan fingerprint density at radius 3 is 2.71 bits per heavy atom. The number of anilines is 3. The van der Waals surface area contributed by atoms with Crippen LogP contribution in [0.3, 0.4) is 0 Å². The van der Waals surface area contributed by atoms with Gasteiger partial charge in [-0.25, -0.2) is 4.98 Å². The number of likely N-dealkylation sites (N-methyl/N-ethyl adjacent to an activating group) is 1. The summed E-state index contributed by atoms with van der Waals surface area (Å²) in [6.45, 7) is 2.26. The number of carbonyl (C=O) groups is 2. The van der Waals surface area contributed by atoms with Gasteiger partial charge >= 0.3 is 6.18 Å². The molecule has 10 nitrogen and oxygen atoms in total. The number of nitrogens with zero attached hydrogens (tertiary/aromatic N) is 6. The molecule has 0 spiro atoms. The van der Waals surface area contributed by atoms with Crippen LogP contribution >= 0.6 is 0 Å². The largest absolute Gasteiger partial charge is 0.435 e. The quantitative estimate of drug-likeness (QED) is 0.672. The first kappa shape index (κ1) is 22.4. The molecule has 3 aliphatic rings. The van der Waals surface area contributed by atoms with Crippen LogP contribution in [0.1, 0.15) is 37.6 Å². The van der Waals surface area contributed by atoms with Gasteiger partial charge in [0.15, 0.2) is 11.5 Å². The highest BCUT2D eigenvalue weighted by atomic mass is 19.4. The van der Waals surface area contributed by atoms with Crippen molar-refractivity contribution < 1.29 is 22.8 Å². The fourth-order valence-corrected chi connectivity index (χ4v) is 4.62. The van der Waals surface area contributed by atoms with Crippen LogP contribution < -0.4 is 20.4 Å². The molecule has 5 rings (SSSR count). The van der Waals surface area contributed by atoms with E-state index in [0.717, 1.165) is 47.0 Å². The number of amides is 2. The third kappa shape index (κ3) is 4.03. The predicted octanol–water partition coefficient (Wildman–Crippen LogP) is 1.57. The Kier molecular flexibility index (Phi) is 5.36. The van der Waals surface area contributed by atoms with Crippen LogP contribution in [-0.2, 0) is 28.7 Å². The summed E-state index contributed by atoms with van der Waals surface area (Å²) in [6, 6.07) is 0.515. The zero-order valence-electron chi connectivity index (χ0n) is 18.8. The number of aryl methyl sites for hydroxylation is 1. The topological polar surface area (TPSA) is 108 Å². The van der Waals surface area contributed by atoms with Crippen LogP contribution in [0.25, 0.3) is 0 Å². The van der Waals surface area contributed by atoms with E-state index in [0.29, 0.717) is 25.3 Å². The van der Waals surface area contributed by atoms with Gasteiger partial charge in [-0.2, -0.15) is 23.3 Å². The first-order valence-corrected chi connectivity index (χ1v) is 11.2. The van der Waals surface area contributed by atoms with Gasteiger partial charge in [0.1, 0.15) is 18.3 Å². The van der Waals surface area contributed by atoms with E-state index in [4.69, 9.17) is 0 Å². The van der Waals surface area contributed by atoms with Crippen LogP contribution in [0.5, 0.6) is 0 Å². The predicted molar refractivity (Wildman–Crippen MR) is 116 cm³/mol. The van der Waals surface area contributed by atoms with Gasteiger partial charge in [-0.05, 0) is 38.7 Å². The Labute approximate surface area is 193 Å². The van der Waals surface area contributed by atoms with E-state index in [-0.39, 0.29) is 30.6 Å². The highest BCUT2D eigenvalue weighted by molar-refractivity contribution is 6.05. The van der Waals surface area contributed by atoms with Gasteiger partial charge in [-0.3, -0.25) is 14.3 Å². The first-order chi connectivity index (χ1) is 16.1. The zero-order valence-corrected chi connectivity index (χ0v) is 18.8. The number of halogens is 3. The van der Waals surface area contributed by atoms with Crippen molar-refractivity contribution in [1.82, 2.24) is 25.1 Å². The van der Waals surface area contributed by atoms with Gasteiger partial charge in [0.05, 0.1) is 5.69 Å². The molecule has 0 radical (unpaired) electrons. The average Bonchev–Trinajstić information content (AvgIpc) is 3.23. The molecule has 2 aromatic rings. The highest BCUT2D eigenvalue weighted by Crippen LogP contribution is 2.40. The van der Waals surface area contributed by atoms with Crippen molar-refractivity contribution in [1.29, 1.82) is 0 Å². The monoisotopic (exact) mass is 478 g/mol. The van der Waals surface area contributed by atoms with Gasteiger partial charge in [0.25, 0.3) is 0 Å². The van der Waals surface area contributed by atoms with Gasteiger partial charge in [-0.15, -0.1) is 0 Å². The molecule has 1 fully saturated rings. The summed E-state index contributed by atoms with van der Waals surface area (Å²) in [5.41, 5.74) is 0.630. The zero-order chi connectivity index (χ0) is 24.2. The molecule has 1 saturated carbocycles. The number of aromatic nitrogens is 4. The van der Waals surface area contributed by atoms with E-state index in [1.165, 1.54) is 0 Å². The second kappa shape index (κ2) is 8.13. The van der Waals surface area contributed by atoms with Gasteiger partial charge in [0.2, 0.25) is 17.8 Å². The Morgan fingerprint density at radius 1 is 1.24 bits per heavy atom. The molecule has 1 aliphatic carbocycles. The molecule has 1 atom stereocenters. The van der Waals surface area contributed by atoms with Crippen LogP contribution in [0.2, 0.25) is 0 Å². The smallest absolute Gasteiger partial charge is 0.352 e. The second-order valence-corrected chi connectivity index (χ2v) is 9.02. The van der Waals surface area contributed by atoms with Gasteiger partial charge in [-0.1, -0.05) is 0 Å². The van der Waals surface area contributed by atoms with Crippen molar-refractivity contribution in [2.24, 2.45) is 0 Å². The fourth-order valence-electron chi connectivity index (χ4n) is 4.62. The maximum Gasteiger partial charge on any atom is 0.435 e. The SMILES string of the molecule is CC1C(=O)N2CCCc3nc(N[C@H]4C[C@H](NC(=O)Cn5ccc(C(F)(F)F)n5)C4)nc(c32)N1C. The second-order valence-electron chi connectivity index (χ2n) is 9.02. The van der Waals surface area contributed by atoms with Gasteiger partial charge in [0, 0.05) is 31.9 Å². The van der Waals surface area contributed by atoms with E-state index in [2.05, 4.69) is 25.7 Å². The highest BCUT2D eigenvalue weighted by Gasteiger charge is 2.39. The van der Waals surface area contributed by atoms with Crippen molar-refractivity contribution in [3.05, 3.63) is 23.7 Å².